The van der Waals surface area contributed by atoms with E-state index in [0.29, 0.717) is 12.6 Å². The monoisotopic (exact) mass is 239 g/mol. The highest BCUT2D eigenvalue weighted by atomic mass is 32.2. The quantitative estimate of drug-likeness (QED) is 0.704. The van der Waals surface area contributed by atoms with Gasteiger partial charge in [-0.2, -0.15) is 11.8 Å². The van der Waals surface area contributed by atoms with Gasteiger partial charge in [-0.15, -0.1) is 0 Å². The van der Waals surface area contributed by atoms with Crippen molar-refractivity contribution >= 4 is 11.8 Å². The SMILES string of the molecule is CSCC(C)NCCOCc1ccccc1. The number of hydrogen-bond acceptors (Lipinski definition) is 3. The van der Waals surface area contributed by atoms with Gasteiger partial charge in [0.1, 0.15) is 0 Å². The minimum Gasteiger partial charge on any atom is -0.375 e. The maximum absolute atomic E-state index is 5.58. The topological polar surface area (TPSA) is 21.3 Å². The van der Waals surface area contributed by atoms with Crippen LogP contribution in [0.4, 0.5) is 0 Å². The summed E-state index contributed by atoms with van der Waals surface area (Å²) in [6, 6.07) is 10.8. The van der Waals surface area contributed by atoms with Crippen LogP contribution in [0.2, 0.25) is 0 Å². The summed E-state index contributed by atoms with van der Waals surface area (Å²) in [6.07, 6.45) is 2.13. The zero-order valence-corrected chi connectivity index (χ0v) is 10.9. The normalized spacial score (nSPS) is 12.6. The molecule has 1 aromatic carbocycles. The van der Waals surface area contributed by atoms with Gasteiger partial charge in [0, 0.05) is 18.3 Å². The van der Waals surface area contributed by atoms with Crippen LogP contribution in [0.3, 0.4) is 0 Å². The minimum atomic E-state index is 0.565. The van der Waals surface area contributed by atoms with E-state index >= 15 is 0 Å². The first-order valence-electron chi connectivity index (χ1n) is 5.67. The molecule has 2 nitrogen and oxygen atoms in total. The van der Waals surface area contributed by atoms with Gasteiger partial charge >= 0.3 is 0 Å². The fourth-order valence-electron chi connectivity index (χ4n) is 1.45. The van der Waals surface area contributed by atoms with Crippen LogP contribution < -0.4 is 5.32 Å². The Bertz CT molecular complexity index is 266. The summed E-state index contributed by atoms with van der Waals surface area (Å²) in [5, 5.41) is 3.42. The van der Waals surface area contributed by atoms with Gasteiger partial charge in [-0.1, -0.05) is 30.3 Å². The second-order valence-corrected chi connectivity index (χ2v) is 4.76. The van der Waals surface area contributed by atoms with Crippen LogP contribution in [0.5, 0.6) is 0 Å². The number of ether oxygens (including phenoxy) is 1. The first kappa shape index (κ1) is 13.6. The van der Waals surface area contributed by atoms with Crippen molar-refractivity contribution in [3.63, 3.8) is 0 Å². The molecule has 0 saturated heterocycles. The smallest absolute Gasteiger partial charge is 0.0717 e. The molecule has 1 aromatic rings. The predicted molar refractivity (Wildman–Crippen MR) is 71.9 cm³/mol. The standard InChI is InChI=1S/C13H21NOS/c1-12(11-16-2)14-8-9-15-10-13-6-4-3-5-7-13/h3-7,12,14H,8-11H2,1-2H3. The Hall–Kier alpha value is -0.510. The van der Waals surface area contributed by atoms with E-state index in [1.54, 1.807) is 0 Å². The van der Waals surface area contributed by atoms with Crippen LogP contribution in [0, 0.1) is 0 Å². The summed E-state index contributed by atoms with van der Waals surface area (Å²) in [7, 11) is 0. The minimum absolute atomic E-state index is 0.565. The lowest BCUT2D eigenvalue weighted by Crippen LogP contribution is -2.31. The van der Waals surface area contributed by atoms with Gasteiger partial charge in [-0.05, 0) is 18.7 Å². The zero-order valence-electron chi connectivity index (χ0n) is 10.1. The molecule has 3 heteroatoms. The summed E-state index contributed by atoms with van der Waals surface area (Å²) in [4.78, 5) is 0. The Kier molecular flexibility index (Phi) is 7.30. The molecule has 0 aliphatic carbocycles. The molecule has 0 aliphatic heterocycles. The van der Waals surface area contributed by atoms with Crippen LogP contribution in [-0.4, -0.2) is 31.2 Å². The fourth-order valence-corrected chi connectivity index (χ4v) is 2.07. The third-order valence-electron chi connectivity index (χ3n) is 2.27. The van der Waals surface area contributed by atoms with Crippen molar-refractivity contribution in [2.45, 2.75) is 19.6 Å². The second-order valence-electron chi connectivity index (χ2n) is 3.85. The molecule has 1 atom stereocenters. The Morgan fingerprint density at radius 1 is 1.31 bits per heavy atom. The lowest BCUT2D eigenvalue weighted by atomic mass is 10.2. The molecule has 16 heavy (non-hydrogen) atoms. The van der Waals surface area contributed by atoms with E-state index in [1.165, 1.54) is 5.56 Å². The van der Waals surface area contributed by atoms with Crippen LogP contribution in [0.15, 0.2) is 30.3 Å². The van der Waals surface area contributed by atoms with Crippen LogP contribution in [0.25, 0.3) is 0 Å². The molecule has 0 heterocycles. The van der Waals surface area contributed by atoms with Crippen molar-refractivity contribution < 1.29 is 4.74 Å². The maximum atomic E-state index is 5.58. The maximum Gasteiger partial charge on any atom is 0.0717 e. The van der Waals surface area contributed by atoms with Gasteiger partial charge in [0.15, 0.2) is 0 Å². The highest BCUT2D eigenvalue weighted by Crippen LogP contribution is 2.00. The third-order valence-corrected chi connectivity index (χ3v) is 3.10. The summed E-state index contributed by atoms with van der Waals surface area (Å²) >= 11 is 1.87. The van der Waals surface area contributed by atoms with E-state index < -0.39 is 0 Å². The molecule has 0 fully saturated rings. The average Bonchev–Trinajstić information content (AvgIpc) is 2.30. The molecule has 1 N–H and O–H groups in total. The molecule has 0 bridgehead atoms. The van der Waals surface area contributed by atoms with Crippen molar-refractivity contribution in [1.29, 1.82) is 0 Å². The number of benzene rings is 1. The Morgan fingerprint density at radius 2 is 2.06 bits per heavy atom. The molecule has 0 amide bonds. The van der Waals surface area contributed by atoms with Gasteiger partial charge < -0.3 is 10.1 Å². The van der Waals surface area contributed by atoms with Crippen molar-refractivity contribution in [3.05, 3.63) is 35.9 Å². The molecule has 90 valence electrons. The van der Waals surface area contributed by atoms with Crippen molar-refractivity contribution in [3.8, 4) is 0 Å². The molecule has 0 radical (unpaired) electrons. The Labute approximate surface area is 103 Å². The lowest BCUT2D eigenvalue weighted by molar-refractivity contribution is 0.121. The van der Waals surface area contributed by atoms with Crippen LogP contribution in [-0.2, 0) is 11.3 Å². The first-order chi connectivity index (χ1) is 7.83. The molecule has 0 saturated carbocycles. The number of rotatable bonds is 8. The third kappa shape index (κ3) is 6.16. The zero-order chi connectivity index (χ0) is 11.6. The van der Waals surface area contributed by atoms with Gasteiger partial charge in [0.05, 0.1) is 13.2 Å². The Morgan fingerprint density at radius 3 is 2.75 bits per heavy atom. The van der Waals surface area contributed by atoms with Crippen molar-refractivity contribution in [1.82, 2.24) is 5.32 Å². The summed E-state index contributed by atoms with van der Waals surface area (Å²) in [5.41, 5.74) is 1.24. The summed E-state index contributed by atoms with van der Waals surface area (Å²) in [6.45, 7) is 4.61. The van der Waals surface area contributed by atoms with Gasteiger partial charge in [-0.3, -0.25) is 0 Å². The molecule has 1 rings (SSSR count). The molecular formula is C13H21NOS. The molecule has 1 unspecified atom stereocenters. The van der Waals surface area contributed by atoms with E-state index in [1.807, 2.05) is 30.0 Å². The molecule has 0 aromatic heterocycles. The van der Waals surface area contributed by atoms with E-state index in [-0.39, 0.29) is 0 Å². The predicted octanol–water partition coefficient (Wildman–Crippen LogP) is 2.54. The molecule has 0 spiro atoms. The van der Waals surface area contributed by atoms with E-state index in [9.17, 15) is 0 Å². The second kappa shape index (κ2) is 8.62. The van der Waals surface area contributed by atoms with Gasteiger partial charge in [-0.25, -0.2) is 0 Å². The van der Waals surface area contributed by atoms with E-state index in [4.69, 9.17) is 4.74 Å². The largest absolute Gasteiger partial charge is 0.375 e. The molecular weight excluding hydrogens is 218 g/mol. The van der Waals surface area contributed by atoms with Crippen molar-refractivity contribution in [2.24, 2.45) is 0 Å². The number of hydrogen-bond donors (Lipinski definition) is 1. The van der Waals surface area contributed by atoms with Crippen LogP contribution in [0.1, 0.15) is 12.5 Å². The van der Waals surface area contributed by atoms with Gasteiger partial charge in [0.25, 0.3) is 0 Å². The first-order valence-corrected chi connectivity index (χ1v) is 7.06. The lowest BCUT2D eigenvalue weighted by Gasteiger charge is -2.12. The Balaban J connectivity index is 2.00. The highest BCUT2D eigenvalue weighted by Gasteiger charge is 1.98. The number of thioether (sulfide) groups is 1. The average molecular weight is 239 g/mol. The summed E-state index contributed by atoms with van der Waals surface area (Å²) < 4.78 is 5.58. The van der Waals surface area contributed by atoms with Crippen LogP contribution >= 0.6 is 11.8 Å². The fraction of sp³-hybridized carbons (Fsp3) is 0.538. The van der Waals surface area contributed by atoms with Crippen molar-refractivity contribution in [2.75, 3.05) is 25.2 Å². The van der Waals surface area contributed by atoms with Gasteiger partial charge in [0.2, 0.25) is 0 Å². The van der Waals surface area contributed by atoms with E-state index in [0.717, 1.165) is 18.9 Å². The highest BCUT2D eigenvalue weighted by molar-refractivity contribution is 7.98. The van der Waals surface area contributed by atoms with E-state index in [2.05, 4.69) is 30.6 Å². The summed E-state index contributed by atoms with van der Waals surface area (Å²) in [5.74, 6) is 1.15. The number of nitrogens with one attached hydrogen (secondary N) is 1. The molecule has 0 aliphatic rings.